The van der Waals surface area contributed by atoms with Crippen LogP contribution >= 0.6 is 0 Å². The van der Waals surface area contributed by atoms with E-state index in [1.54, 1.807) is 0 Å². The van der Waals surface area contributed by atoms with Crippen molar-refractivity contribution in [3.8, 4) is 12.3 Å². The summed E-state index contributed by atoms with van der Waals surface area (Å²) in [6.07, 6.45) is 6.43. The summed E-state index contributed by atoms with van der Waals surface area (Å²) in [4.78, 5) is 0. The van der Waals surface area contributed by atoms with Crippen LogP contribution in [-0.4, -0.2) is 6.04 Å². The average molecular weight is 233 g/mol. The van der Waals surface area contributed by atoms with E-state index < -0.39 is 0 Å². The quantitative estimate of drug-likeness (QED) is 0.767. The number of hydrogen-bond acceptors (Lipinski definition) is 1. The van der Waals surface area contributed by atoms with E-state index in [-0.39, 0.29) is 17.9 Å². The van der Waals surface area contributed by atoms with Crippen LogP contribution in [0.15, 0.2) is 24.3 Å². The first kappa shape index (κ1) is 13.7. The zero-order valence-corrected chi connectivity index (χ0v) is 10.7. The fourth-order valence-electron chi connectivity index (χ4n) is 1.79. The minimum Gasteiger partial charge on any atom is -0.297 e. The molecule has 1 rings (SSSR count). The van der Waals surface area contributed by atoms with Crippen molar-refractivity contribution in [3.05, 3.63) is 35.6 Å². The monoisotopic (exact) mass is 233 g/mol. The largest absolute Gasteiger partial charge is 0.297 e. The molecule has 0 bridgehead atoms. The molecule has 0 saturated heterocycles. The smallest absolute Gasteiger partial charge is 0.123 e. The zero-order valence-electron chi connectivity index (χ0n) is 10.7. The maximum Gasteiger partial charge on any atom is 0.123 e. The van der Waals surface area contributed by atoms with Gasteiger partial charge >= 0.3 is 0 Å². The van der Waals surface area contributed by atoms with Crippen LogP contribution in [0, 0.1) is 24.1 Å². The van der Waals surface area contributed by atoms with Crippen LogP contribution in [0.5, 0.6) is 0 Å². The topological polar surface area (TPSA) is 12.0 Å². The van der Waals surface area contributed by atoms with Gasteiger partial charge in [0.2, 0.25) is 0 Å². The number of nitrogens with one attached hydrogen (secondary N) is 1. The van der Waals surface area contributed by atoms with Gasteiger partial charge in [0.1, 0.15) is 5.82 Å². The molecule has 0 fully saturated rings. The normalized spacial score (nSPS) is 14.4. The Kier molecular flexibility index (Phi) is 5.18. The molecule has 1 aromatic carbocycles. The number of hydrogen-bond donors (Lipinski definition) is 1. The van der Waals surface area contributed by atoms with Gasteiger partial charge in [0.05, 0.1) is 6.04 Å². The van der Waals surface area contributed by atoms with Gasteiger partial charge in [-0.05, 0) is 30.0 Å². The maximum absolute atomic E-state index is 12.9. The Hall–Kier alpha value is -1.33. The van der Waals surface area contributed by atoms with Crippen LogP contribution < -0.4 is 5.32 Å². The molecule has 0 amide bonds. The van der Waals surface area contributed by atoms with Crippen molar-refractivity contribution < 1.29 is 4.39 Å². The van der Waals surface area contributed by atoms with Crippen molar-refractivity contribution >= 4 is 0 Å². The summed E-state index contributed by atoms with van der Waals surface area (Å²) in [7, 11) is 0. The summed E-state index contributed by atoms with van der Waals surface area (Å²) in [5.74, 6) is 2.94. The molecule has 0 heterocycles. The minimum absolute atomic E-state index is 0.0463. The van der Waals surface area contributed by atoms with E-state index in [9.17, 15) is 4.39 Å². The first-order valence-electron chi connectivity index (χ1n) is 6.06. The molecule has 2 atom stereocenters. The number of benzene rings is 1. The fraction of sp³-hybridized carbons (Fsp3) is 0.467. The average Bonchev–Trinajstić information content (AvgIpc) is 2.32. The lowest BCUT2D eigenvalue weighted by Crippen LogP contribution is -2.35. The van der Waals surface area contributed by atoms with E-state index in [0.29, 0.717) is 5.92 Å². The predicted molar refractivity (Wildman–Crippen MR) is 70.0 cm³/mol. The molecule has 2 unspecified atom stereocenters. The molecule has 0 aromatic heterocycles. The van der Waals surface area contributed by atoms with E-state index in [4.69, 9.17) is 6.42 Å². The number of halogens is 1. The molecule has 0 spiro atoms. The fourth-order valence-corrected chi connectivity index (χ4v) is 1.79. The Morgan fingerprint density at radius 2 is 1.88 bits per heavy atom. The van der Waals surface area contributed by atoms with Crippen molar-refractivity contribution in [2.24, 2.45) is 5.92 Å². The first-order valence-corrected chi connectivity index (χ1v) is 6.06. The number of rotatable bonds is 5. The molecule has 0 aliphatic rings. The highest BCUT2D eigenvalue weighted by molar-refractivity contribution is 5.20. The van der Waals surface area contributed by atoms with Gasteiger partial charge < -0.3 is 0 Å². The summed E-state index contributed by atoms with van der Waals surface area (Å²) in [5.41, 5.74) is 1.08. The molecule has 0 radical (unpaired) electrons. The van der Waals surface area contributed by atoms with Crippen molar-refractivity contribution in [3.63, 3.8) is 0 Å². The van der Waals surface area contributed by atoms with Gasteiger partial charge in [-0.25, -0.2) is 4.39 Å². The molecule has 0 saturated carbocycles. The molecule has 0 aliphatic heterocycles. The van der Waals surface area contributed by atoms with Gasteiger partial charge in [-0.2, -0.15) is 0 Å². The minimum atomic E-state index is -0.207. The summed E-state index contributed by atoms with van der Waals surface area (Å²) >= 11 is 0. The molecule has 92 valence electrons. The van der Waals surface area contributed by atoms with Gasteiger partial charge in [-0.15, -0.1) is 6.42 Å². The molecule has 0 aliphatic carbocycles. The summed E-state index contributed by atoms with van der Waals surface area (Å²) < 4.78 is 12.9. The first-order chi connectivity index (χ1) is 8.08. The van der Waals surface area contributed by atoms with Crippen LogP contribution in [0.3, 0.4) is 0 Å². The third-order valence-electron chi connectivity index (χ3n) is 2.91. The van der Waals surface area contributed by atoms with Crippen LogP contribution in [0.2, 0.25) is 0 Å². The van der Waals surface area contributed by atoms with Crippen molar-refractivity contribution in [1.82, 2.24) is 5.32 Å². The lowest BCUT2D eigenvalue weighted by molar-refractivity contribution is 0.408. The highest BCUT2D eigenvalue weighted by Gasteiger charge is 2.16. The van der Waals surface area contributed by atoms with Crippen LogP contribution in [0.25, 0.3) is 0 Å². The van der Waals surface area contributed by atoms with Gasteiger partial charge in [0.15, 0.2) is 0 Å². The molecule has 17 heavy (non-hydrogen) atoms. The summed E-state index contributed by atoms with van der Waals surface area (Å²) in [6.45, 7) is 6.28. The van der Waals surface area contributed by atoms with E-state index in [0.717, 1.165) is 12.0 Å². The zero-order chi connectivity index (χ0) is 12.8. The van der Waals surface area contributed by atoms with Gasteiger partial charge in [-0.1, -0.05) is 38.8 Å². The van der Waals surface area contributed by atoms with Crippen LogP contribution in [0.4, 0.5) is 4.39 Å². The SMILES string of the molecule is C#CC(NC(CC)c1ccc(F)cc1)C(C)C. The van der Waals surface area contributed by atoms with E-state index >= 15 is 0 Å². The Balaban J connectivity index is 2.78. The number of terminal acetylenes is 1. The second kappa shape index (κ2) is 6.42. The van der Waals surface area contributed by atoms with Crippen molar-refractivity contribution in [2.75, 3.05) is 0 Å². The van der Waals surface area contributed by atoms with E-state index in [1.807, 2.05) is 12.1 Å². The Morgan fingerprint density at radius 1 is 1.29 bits per heavy atom. The molecule has 2 heteroatoms. The van der Waals surface area contributed by atoms with Crippen molar-refractivity contribution in [2.45, 2.75) is 39.3 Å². The van der Waals surface area contributed by atoms with Crippen LogP contribution in [0.1, 0.15) is 38.8 Å². The summed E-state index contributed by atoms with van der Waals surface area (Å²) in [5, 5.41) is 3.43. The lowest BCUT2D eigenvalue weighted by atomic mass is 9.99. The maximum atomic E-state index is 12.9. The van der Waals surface area contributed by atoms with E-state index in [2.05, 4.69) is 32.0 Å². The standard InChI is InChI=1S/C15H20FN/c1-5-14(11(3)4)17-15(6-2)12-7-9-13(16)10-8-12/h1,7-11,14-15,17H,6H2,2-4H3. The Bertz CT molecular complexity index is 375. The highest BCUT2D eigenvalue weighted by Crippen LogP contribution is 2.19. The second-order valence-electron chi connectivity index (χ2n) is 4.57. The molecular weight excluding hydrogens is 213 g/mol. The van der Waals surface area contributed by atoms with Gasteiger partial charge in [0.25, 0.3) is 0 Å². The third-order valence-corrected chi connectivity index (χ3v) is 2.91. The lowest BCUT2D eigenvalue weighted by Gasteiger charge is -2.24. The molecular formula is C15H20FN. The second-order valence-corrected chi connectivity index (χ2v) is 4.57. The Morgan fingerprint density at radius 3 is 2.29 bits per heavy atom. The van der Waals surface area contributed by atoms with Gasteiger partial charge in [0, 0.05) is 6.04 Å². The predicted octanol–water partition coefficient (Wildman–Crippen LogP) is 3.52. The van der Waals surface area contributed by atoms with Crippen molar-refractivity contribution in [1.29, 1.82) is 0 Å². The third kappa shape index (κ3) is 3.87. The molecule has 1 N–H and O–H groups in total. The summed E-state index contributed by atoms with van der Waals surface area (Å²) in [6, 6.07) is 6.82. The Labute approximate surface area is 103 Å². The molecule has 1 nitrogen and oxygen atoms in total. The van der Waals surface area contributed by atoms with Crippen LogP contribution in [-0.2, 0) is 0 Å². The molecule has 1 aromatic rings. The van der Waals surface area contributed by atoms with Gasteiger partial charge in [-0.3, -0.25) is 5.32 Å². The van der Waals surface area contributed by atoms with E-state index in [1.165, 1.54) is 12.1 Å². The highest BCUT2D eigenvalue weighted by atomic mass is 19.1.